The lowest BCUT2D eigenvalue weighted by molar-refractivity contribution is -0.122. The van der Waals surface area contributed by atoms with Gasteiger partial charge in [-0.25, -0.2) is 4.98 Å². The van der Waals surface area contributed by atoms with E-state index in [1.807, 2.05) is 30.3 Å². The van der Waals surface area contributed by atoms with Gasteiger partial charge >= 0.3 is 0 Å². The average Bonchev–Trinajstić information content (AvgIpc) is 3.47. The number of benzene rings is 1. The van der Waals surface area contributed by atoms with Gasteiger partial charge in [0.2, 0.25) is 11.9 Å². The quantitative estimate of drug-likeness (QED) is 0.391. The fourth-order valence-electron chi connectivity index (χ4n) is 3.75. The molecule has 0 saturated heterocycles. The Morgan fingerprint density at radius 1 is 1.22 bits per heavy atom. The van der Waals surface area contributed by atoms with Crippen LogP contribution in [0.25, 0.3) is 0 Å². The molecule has 4 rings (SSSR count). The molecule has 1 aliphatic rings. The molecular weight excluding hydrogens is 430 g/mol. The normalized spacial score (nSPS) is 14.8. The molecule has 1 saturated carbocycles. The van der Waals surface area contributed by atoms with Crippen LogP contribution in [0, 0.1) is 0 Å². The fourth-order valence-corrected chi connectivity index (χ4v) is 3.89. The minimum atomic E-state index is -0.649. The molecule has 1 atom stereocenters. The zero-order valence-corrected chi connectivity index (χ0v) is 18.3. The van der Waals surface area contributed by atoms with Crippen LogP contribution in [0.5, 0.6) is 0 Å². The smallest absolute Gasteiger partial charge is 0.247 e. The molecule has 32 heavy (non-hydrogen) atoms. The molecule has 1 fully saturated rings. The van der Waals surface area contributed by atoms with Gasteiger partial charge < -0.3 is 21.1 Å². The number of nitrogens with zero attached hydrogens (tertiary/aromatic N) is 4. The number of aliphatic hydroxyl groups excluding tert-OH is 1. The summed E-state index contributed by atoms with van der Waals surface area (Å²) >= 11 is 6.36. The van der Waals surface area contributed by atoms with Crippen molar-refractivity contribution in [3.63, 3.8) is 0 Å². The molecule has 9 nitrogen and oxygen atoms in total. The first kappa shape index (κ1) is 22.0. The van der Waals surface area contributed by atoms with Crippen LogP contribution in [0.4, 0.5) is 17.5 Å². The average molecular weight is 456 g/mol. The van der Waals surface area contributed by atoms with E-state index >= 15 is 0 Å². The van der Waals surface area contributed by atoms with Gasteiger partial charge in [0.15, 0.2) is 5.82 Å². The molecule has 168 valence electrons. The fraction of sp³-hybridized carbons (Fsp3) is 0.364. The number of nitrogens with one attached hydrogen (secondary N) is 3. The van der Waals surface area contributed by atoms with Crippen LogP contribution in [0.1, 0.15) is 37.3 Å². The van der Waals surface area contributed by atoms with Gasteiger partial charge in [0.1, 0.15) is 11.1 Å². The van der Waals surface area contributed by atoms with Crippen molar-refractivity contribution in [3.05, 3.63) is 59.5 Å². The first-order valence-corrected chi connectivity index (χ1v) is 11.0. The van der Waals surface area contributed by atoms with E-state index in [2.05, 4.69) is 31.0 Å². The number of aromatic nitrogens is 4. The Kier molecular flexibility index (Phi) is 7.18. The van der Waals surface area contributed by atoms with Gasteiger partial charge in [0, 0.05) is 12.2 Å². The lowest BCUT2D eigenvalue weighted by Gasteiger charge is -2.22. The number of hydrogen-bond acceptors (Lipinski definition) is 7. The summed E-state index contributed by atoms with van der Waals surface area (Å²) in [7, 11) is 0. The molecule has 1 aromatic carbocycles. The van der Waals surface area contributed by atoms with Gasteiger partial charge in [-0.2, -0.15) is 10.1 Å². The van der Waals surface area contributed by atoms with Crippen LogP contribution in [0.2, 0.25) is 5.02 Å². The van der Waals surface area contributed by atoms with Crippen molar-refractivity contribution < 1.29 is 9.90 Å². The highest BCUT2D eigenvalue weighted by Crippen LogP contribution is 2.27. The summed E-state index contributed by atoms with van der Waals surface area (Å²) in [6, 6.07) is 9.04. The first-order chi connectivity index (χ1) is 15.6. The van der Waals surface area contributed by atoms with Gasteiger partial charge in [0.25, 0.3) is 0 Å². The summed E-state index contributed by atoms with van der Waals surface area (Å²) in [5.74, 6) is 0.545. The number of rotatable bonds is 9. The predicted octanol–water partition coefficient (Wildman–Crippen LogP) is 3.27. The number of anilines is 3. The standard InChI is InChI=1S/C22H26ClN7O2/c23-18-13-24-22(27-17-12-25-30(14-17)10-11-31)29-20(18)28-19(15-6-2-1-3-7-15)21(32)26-16-8-4-5-9-16/h1-3,6-7,12-14,16,19,31H,4-5,8-11H2,(H,26,32)(H2,24,27,28,29)/t19-/m0/s1. The summed E-state index contributed by atoms with van der Waals surface area (Å²) in [5.41, 5.74) is 1.49. The molecule has 0 aliphatic heterocycles. The third-order valence-corrected chi connectivity index (χ3v) is 5.62. The molecule has 4 N–H and O–H groups in total. The number of aliphatic hydroxyl groups is 1. The van der Waals surface area contributed by atoms with Crippen molar-refractivity contribution in [2.45, 2.75) is 44.3 Å². The Morgan fingerprint density at radius 3 is 2.75 bits per heavy atom. The zero-order valence-electron chi connectivity index (χ0n) is 17.5. The van der Waals surface area contributed by atoms with Crippen LogP contribution in [-0.4, -0.2) is 43.4 Å². The number of halogens is 1. The van der Waals surface area contributed by atoms with Crippen LogP contribution in [-0.2, 0) is 11.3 Å². The van der Waals surface area contributed by atoms with Gasteiger partial charge in [-0.15, -0.1) is 0 Å². The molecular formula is C22H26ClN7O2. The van der Waals surface area contributed by atoms with E-state index in [9.17, 15) is 4.79 Å². The Balaban J connectivity index is 1.54. The lowest BCUT2D eigenvalue weighted by atomic mass is 10.1. The highest BCUT2D eigenvalue weighted by atomic mass is 35.5. The minimum Gasteiger partial charge on any atom is -0.394 e. The first-order valence-electron chi connectivity index (χ1n) is 10.7. The van der Waals surface area contributed by atoms with Crippen LogP contribution in [0.15, 0.2) is 48.9 Å². The van der Waals surface area contributed by atoms with E-state index in [-0.39, 0.29) is 18.6 Å². The van der Waals surface area contributed by atoms with Crippen molar-refractivity contribution in [2.24, 2.45) is 0 Å². The van der Waals surface area contributed by atoms with E-state index in [0.717, 1.165) is 31.2 Å². The monoisotopic (exact) mass is 455 g/mol. The van der Waals surface area contributed by atoms with E-state index in [4.69, 9.17) is 16.7 Å². The summed E-state index contributed by atoms with van der Waals surface area (Å²) in [4.78, 5) is 21.8. The van der Waals surface area contributed by atoms with Gasteiger partial charge in [0.05, 0.1) is 31.2 Å². The molecule has 0 unspecified atom stereocenters. The molecule has 2 heterocycles. The summed E-state index contributed by atoms with van der Waals surface area (Å²) in [6.45, 7) is 0.390. The Hall–Kier alpha value is -3.17. The largest absolute Gasteiger partial charge is 0.394 e. The van der Waals surface area contributed by atoms with Crippen LogP contribution < -0.4 is 16.0 Å². The van der Waals surface area contributed by atoms with Crippen molar-refractivity contribution in [2.75, 3.05) is 17.2 Å². The molecule has 0 bridgehead atoms. The SMILES string of the molecule is O=C(NC1CCCC1)[C@@H](Nc1nc(Nc2cnn(CCO)c2)ncc1Cl)c1ccccc1. The Morgan fingerprint density at radius 2 is 2.00 bits per heavy atom. The van der Waals surface area contributed by atoms with Crippen molar-refractivity contribution in [1.82, 2.24) is 25.1 Å². The van der Waals surface area contributed by atoms with E-state index < -0.39 is 6.04 Å². The van der Waals surface area contributed by atoms with Gasteiger partial charge in [-0.3, -0.25) is 9.48 Å². The third kappa shape index (κ3) is 5.54. The maximum absolute atomic E-state index is 13.1. The highest BCUT2D eigenvalue weighted by Gasteiger charge is 2.26. The second-order valence-electron chi connectivity index (χ2n) is 7.71. The van der Waals surface area contributed by atoms with Gasteiger partial charge in [-0.1, -0.05) is 54.8 Å². The van der Waals surface area contributed by atoms with Crippen LogP contribution >= 0.6 is 11.6 Å². The molecule has 10 heteroatoms. The highest BCUT2D eigenvalue weighted by molar-refractivity contribution is 6.32. The topological polar surface area (TPSA) is 117 Å². The Labute approximate surface area is 191 Å². The molecule has 2 aromatic heterocycles. The third-order valence-electron chi connectivity index (χ3n) is 5.34. The Bertz CT molecular complexity index is 1040. The maximum atomic E-state index is 13.1. The van der Waals surface area contributed by atoms with E-state index in [1.54, 1.807) is 17.1 Å². The second-order valence-corrected chi connectivity index (χ2v) is 8.12. The molecule has 0 radical (unpaired) electrons. The zero-order chi connectivity index (χ0) is 22.3. The van der Waals surface area contributed by atoms with Crippen LogP contribution in [0.3, 0.4) is 0 Å². The minimum absolute atomic E-state index is 0.00354. The molecule has 1 amide bonds. The number of carbonyl (C=O) groups excluding carboxylic acids is 1. The molecule has 1 aliphatic carbocycles. The van der Waals surface area contributed by atoms with Crippen molar-refractivity contribution >= 4 is 35.0 Å². The summed E-state index contributed by atoms with van der Waals surface area (Å²) in [6.07, 6.45) is 9.10. The van der Waals surface area contributed by atoms with Crippen molar-refractivity contribution in [1.29, 1.82) is 0 Å². The van der Waals surface area contributed by atoms with Gasteiger partial charge in [-0.05, 0) is 18.4 Å². The van der Waals surface area contributed by atoms with E-state index in [0.29, 0.717) is 29.0 Å². The number of amides is 1. The number of carbonyl (C=O) groups is 1. The van der Waals surface area contributed by atoms with Crippen molar-refractivity contribution in [3.8, 4) is 0 Å². The van der Waals surface area contributed by atoms with E-state index in [1.165, 1.54) is 6.20 Å². The lowest BCUT2D eigenvalue weighted by Crippen LogP contribution is -2.39. The number of hydrogen-bond donors (Lipinski definition) is 4. The molecule has 0 spiro atoms. The summed E-state index contributed by atoms with van der Waals surface area (Å²) < 4.78 is 1.61. The molecule has 3 aromatic rings. The maximum Gasteiger partial charge on any atom is 0.247 e. The summed E-state index contributed by atoms with van der Waals surface area (Å²) in [5, 5.41) is 22.9. The predicted molar refractivity (Wildman–Crippen MR) is 123 cm³/mol. The second kappa shape index (κ2) is 10.4.